The summed E-state index contributed by atoms with van der Waals surface area (Å²) < 4.78 is 59.7. The van der Waals surface area contributed by atoms with Crippen LogP contribution in [-0.4, -0.2) is 47.7 Å². The number of piperidine rings is 1. The van der Waals surface area contributed by atoms with E-state index in [1.54, 1.807) is 43.6 Å². The largest absolute Gasteiger partial charge is 0.497 e. The zero-order valence-corrected chi connectivity index (χ0v) is 22.3. The van der Waals surface area contributed by atoms with Crippen LogP contribution in [0.3, 0.4) is 0 Å². The quantitative estimate of drug-likeness (QED) is 0.229. The predicted molar refractivity (Wildman–Crippen MR) is 145 cm³/mol. The molecule has 40 heavy (non-hydrogen) atoms. The number of hydrogen-bond acceptors (Lipinski definition) is 4. The molecule has 0 saturated carbocycles. The van der Waals surface area contributed by atoms with Crippen LogP contribution in [0.1, 0.15) is 55.0 Å². The topological polar surface area (TPSA) is 62.7 Å². The Hall–Kier alpha value is -3.64. The summed E-state index contributed by atoms with van der Waals surface area (Å²) in [6.07, 6.45) is -1.83. The molecule has 0 amide bonds. The predicted octanol–water partition coefficient (Wildman–Crippen LogP) is 6.91. The second-order valence-corrected chi connectivity index (χ2v) is 10.2. The molecule has 3 aromatic rings. The number of fused-ring (bicyclic) bond motifs is 1. The van der Waals surface area contributed by atoms with E-state index < -0.39 is 23.9 Å². The van der Waals surface area contributed by atoms with E-state index in [1.807, 2.05) is 0 Å². The number of ether oxygens (including phenoxy) is 1. The first kappa shape index (κ1) is 29.3. The van der Waals surface area contributed by atoms with Crippen LogP contribution in [0.2, 0.25) is 0 Å². The van der Waals surface area contributed by atoms with Gasteiger partial charge in [-0.2, -0.15) is 13.2 Å². The third kappa shape index (κ3) is 7.72. The summed E-state index contributed by atoms with van der Waals surface area (Å²) in [5.74, 6) is 5.75. The fraction of sp³-hybridized carbons (Fsp3) is 0.419. The van der Waals surface area contributed by atoms with Crippen molar-refractivity contribution in [1.82, 2.24) is 9.88 Å². The maximum Gasteiger partial charge on any atom is 0.416 e. The number of benzene rings is 2. The van der Waals surface area contributed by atoms with Crippen LogP contribution < -0.4 is 4.74 Å². The van der Waals surface area contributed by atoms with Gasteiger partial charge < -0.3 is 9.84 Å². The third-order valence-electron chi connectivity index (χ3n) is 7.54. The molecule has 0 radical (unpaired) electrons. The van der Waals surface area contributed by atoms with Gasteiger partial charge in [0, 0.05) is 30.1 Å². The van der Waals surface area contributed by atoms with E-state index in [1.165, 1.54) is 6.07 Å². The number of carboxylic acid groups (broad SMARTS) is 1. The number of alkyl halides is 4. The van der Waals surface area contributed by atoms with Gasteiger partial charge in [0.15, 0.2) is 0 Å². The number of carboxylic acids is 1. The lowest BCUT2D eigenvalue weighted by molar-refractivity contribution is -0.138. The molecule has 1 saturated heterocycles. The van der Waals surface area contributed by atoms with Crippen LogP contribution >= 0.6 is 0 Å². The molecule has 1 aromatic heterocycles. The van der Waals surface area contributed by atoms with Gasteiger partial charge in [-0.3, -0.25) is 14.7 Å². The van der Waals surface area contributed by atoms with Crippen LogP contribution in [0, 0.1) is 23.7 Å². The Labute approximate surface area is 231 Å². The summed E-state index contributed by atoms with van der Waals surface area (Å²) in [5, 5.41) is 9.98. The summed E-state index contributed by atoms with van der Waals surface area (Å²) in [5.41, 5.74) is 0.814. The number of aliphatic carboxylic acids is 1. The molecule has 1 N–H and O–H groups in total. The molecule has 212 valence electrons. The maximum atomic E-state index is 15.5. The SMILES string of the molecule is COc1ccc2nccc([C@@H](F)CCC3CCN(CC#Cc4cccc(C(F)(F)F)c4)CC3CCC(=O)O)c2c1. The highest BCUT2D eigenvalue weighted by atomic mass is 19.4. The summed E-state index contributed by atoms with van der Waals surface area (Å²) in [7, 11) is 1.56. The number of hydrogen-bond donors (Lipinski definition) is 1. The second-order valence-electron chi connectivity index (χ2n) is 10.2. The first-order chi connectivity index (χ1) is 19.1. The lowest BCUT2D eigenvalue weighted by Gasteiger charge is -2.38. The zero-order chi connectivity index (χ0) is 28.7. The van der Waals surface area contributed by atoms with Crippen LogP contribution in [0.25, 0.3) is 10.9 Å². The second kappa shape index (κ2) is 13.1. The van der Waals surface area contributed by atoms with Crippen molar-refractivity contribution in [2.75, 3.05) is 26.7 Å². The molecular formula is C31H32F4N2O3. The Bertz CT molecular complexity index is 1380. The smallest absolute Gasteiger partial charge is 0.416 e. The molecule has 9 heteroatoms. The Morgan fingerprint density at radius 3 is 2.75 bits per heavy atom. The number of carbonyl (C=O) groups is 1. The first-order valence-electron chi connectivity index (χ1n) is 13.3. The lowest BCUT2D eigenvalue weighted by atomic mass is 9.79. The molecule has 0 spiro atoms. The lowest BCUT2D eigenvalue weighted by Crippen LogP contribution is -2.41. The van der Waals surface area contributed by atoms with Crippen LogP contribution in [0.4, 0.5) is 17.6 Å². The minimum Gasteiger partial charge on any atom is -0.497 e. The molecule has 2 aromatic carbocycles. The molecule has 0 bridgehead atoms. The van der Waals surface area contributed by atoms with Gasteiger partial charge in [-0.05, 0) is 92.1 Å². The molecule has 2 unspecified atom stereocenters. The highest BCUT2D eigenvalue weighted by molar-refractivity contribution is 5.83. The standard InChI is InChI=1S/C31H32F4N2O3/c1-40-25-9-11-29-27(19-25)26(13-15-36-29)28(32)10-7-22-14-17-37(20-23(22)8-12-30(38)39)16-3-5-21-4-2-6-24(18-21)31(33,34)35/h2,4,6,9,11,13,15,18-19,22-23,28H,7-8,10,12,14,16-17,20H2,1H3,(H,38,39)/t22?,23?,28-/m0/s1. The number of likely N-dealkylation sites (tertiary alicyclic amines) is 1. The Balaban J connectivity index is 1.39. The van der Waals surface area contributed by atoms with Crippen molar-refractivity contribution < 1.29 is 32.2 Å². The summed E-state index contributed by atoms with van der Waals surface area (Å²) in [4.78, 5) is 17.7. The number of methoxy groups -OCH3 is 1. The summed E-state index contributed by atoms with van der Waals surface area (Å²) in [6, 6.07) is 12.0. The molecule has 4 rings (SSSR count). The number of aromatic nitrogens is 1. The van der Waals surface area contributed by atoms with Crippen molar-refractivity contribution in [1.29, 1.82) is 0 Å². The van der Waals surface area contributed by atoms with Gasteiger partial charge in [0.2, 0.25) is 0 Å². The van der Waals surface area contributed by atoms with Crippen LogP contribution in [0.5, 0.6) is 5.75 Å². The van der Waals surface area contributed by atoms with E-state index in [2.05, 4.69) is 21.7 Å². The van der Waals surface area contributed by atoms with Gasteiger partial charge in [0.1, 0.15) is 11.9 Å². The maximum absolute atomic E-state index is 15.5. The zero-order valence-electron chi connectivity index (χ0n) is 22.3. The van der Waals surface area contributed by atoms with Crippen molar-refractivity contribution in [2.24, 2.45) is 11.8 Å². The Kier molecular flexibility index (Phi) is 9.64. The van der Waals surface area contributed by atoms with Crippen molar-refractivity contribution in [3.05, 3.63) is 71.4 Å². The molecule has 5 nitrogen and oxygen atoms in total. The minimum absolute atomic E-state index is 0.0265. The van der Waals surface area contributed by atoms with Crippen LogP contribution in [0.15, 0.2) is 54.7 Å². The summed E-state index contributed by atoms with van der Waals surface area (Å²) >= 11 is 0. The molecular weight excluding hydrogens is 524 g/mol. The third-order valence-corrected chi connectivity index (χ3v) is 7.54. The fourth-order valence-electron chi connectivity index (χ4n) is 5.40. The van der Waals surface area contributed by atoms with Gasteiger partial charge in [-0.15, -0.1) is 0 Å². The molecule has 1 aliphatic rings. The van der Waals surface area contributed by atoms with E-state index in [-0.39, 0.29) is 18.3 Å². The van der Waals surface area contributed by atoms with E-state index in [0.717, 1.165) is 18.6 Å². The average Bonchev–Trinajstić information content (AvgIpc) is 2.94. The Morgan fingerprint density at radius 1 is 1.18 bits per heavy atom. The van der Waals surface area contributed by atoms with Crippen LogP contribution in [-0.2, 0) is 11.0 Å². The van der Waals surface area contributed by atoms with Gasteiger partial charge >= 0.3 is 12.1 Å². The van der Waals surface area contributed by atoms with E-state index >= 15 is 4.39 Å². The highest BCUT2D eigenvalue weighted by Crippen LogP contribution is 2.36. The van der Waals surface area contributed by atoms with Gasteiger partial charge in [0.05, 0.1) is 24.7 Å². The van der Waals surface area contributed by atoms with E-state index in [4.69, 9.17) is 4.74 Å². The molecule has 2 heterocycles. The van der Waals surface area contributed by atoms with Gasteiger partial charge in [-0.1, -0.05) is 17.9 Å². The number of rotatable bonds is 9. The number of halogens is 4. The molecule has 3 atom stereocenters. The molecule has 1 fully saturated rings. The summed E-state index contributed by atoms with van der Waals surface area (Å²) in [6.45, 7) is 1.68. The van der Waals surface area contributed by atoms with Crippen molar-refractivity contribution >= 4 is 16.9 Å². The fourth-order valence-corrected chi connectivity index (χ4v) is 5.40. The monoisotopic (exact) mass is 556 g/mol. The van der Waals surface area contributed by atoms with Gasteiger partial charge in [0.25, 0.3) is 0 Å². The van der Waals surface area contributed by atoms with Gasteiger partial charge in [-0.25, -0.2) is 4.39 Å². The van der Waals surface area contributed by atoms with Crippen molar-refractivity contribution in [2.45, 2.75) is 44.5 Å². The van der Waals surface area contributed by atoms with Crippen molar-refractivity contribution in [3.63, 3.8) is 0 Å². The average molecular weight is 557 g/mol. The molecule has 0 aliphatic carbocycles. The minimum atomic E-state index is -4.42. The number of nitrogens with zero attached hydrogens (tertiary/aromatic N) is 2. The highest BCUT2D eigenvalue weighted by Gasteiger charge is 2.31. The van der Waals surface area contributed by atoms with Crippen molar-refractivity contribution in [3.8, 4) is 17.6 Å². The first-order valence-corrected chi connectivity index (χ1v) is 13.3. The normalized spacial score (nSPS) is 18.6. The van der Waals surface area contributed by atoms with E-state index in [9.17, 15) is 23.1 Å². The number of pyridine rings is 1. The Morgan fingerprint density at radius 2 is 2.00 bits per heavy atom. The molecule has 1 aliphatic heterocycles. The van der Waals surface area contributed by atoms with E-state index in [0.29, 0.717) is 66.7 Å².